The van der Waals surface area contributed by atoms with Gasteiger partial charge in [0, 0.05) is 35.4 Å². The molecule has 0 radical (unpaired) electrons. The SMILES string of the molecule is CC(C)C1(C(C)C)OC[C@H]2O[C@@H](n3ccc(NC(=O)c4ccccc4)nc3=O)[C@H](O)[C@H]2OC(C(C)C)(C(C)C)O1. The zero-order chi connectivity index (χ0) is 29.4. The van der Waals surface area contributed by atoms with E-state index in [1.807, 2.05) is 33.8 Å². The topological polar surface area (TPSA) is 121 Å². The van der Waals surface area contributed by atoms with Crippen molar-refractivity contribution >= 4 is 11.7 Å². The summed E-state index contributed by atoms with van der Waals surface area (Å²) in [6, 6.07) is 10.1. The smallest absolute Gasteiger partial charge is 0.351 e. The number of benzene rings is 1. The van der Waals surface area contributed by atoms with E-state index in [2.05, 4.69) is 38.0 Å². The second-order valence-electron chi connectivity index (χ2n) is 11.9. The average Bonchev–Trinajstić information content (AvgIpc) is 3.18. The minimum absolute atomic E-state index is 0.00268. The summed E-state index contributed by atoms with van der Waals surface area (Å²) in [5.74, 6) is -2.52. The fourth-order valence-corrected chi connectivity index (χ4v) is 5.82. The molecule has 0 saturated carbocycles. The zero-order valence-electron chi connectivity index (χ0n) is 24.7. The number of carbonyl (C=O) groups is 1. The number of ether oxygens (including phenoxy) is 4. The quantitative estimate of drug-likeness (QED) is 0.520. The normalized spacial score (nSPS) is 26.1. The Morgan fingerprint density at radius 1 is 0.975 bits per heavy atom. The molecule has 40 heavy (non-hydrogen) atoms. The van der Waals surface area contributed by atoms with Crippen LogP contribution in [0.3, 0.4) is 0 Å². The van der Waals surface area contributed by atoms with Crippen molar-refractivity contribution in [3.05, 3.63) is 58.6 Å². The van der Waals surface area contributed by atoms with Gasteiger partial charge in [-0.2, -0.15) is 4.98 Å². The number of aliphatic hydroxyl groups is 1. The monoisotopic (exact) mass is 557 g/mol. The molecule has 2 aromatic rings. The van der Waals surface area contributed by atoms with Crippen LogP contribution in [-0.4, -0.2) is 57.1 Å². The van der Waals surface area contributed by atoms with Gasteiger partial charge >= 0.3 is 5.69 Å². The van der Waals surface area contributed by atoms with Gasteiger partial charge in [-0.15, -0.1) is 0 Å². The highest BCUT2D eigenvalue weighted by Gasteiger charge is 2.58. The van der Waals surface area contributed by atoms with Crippen LogP contribution >= 0.6 is 0 Å². The van der Waals surface area contributed by atoms with Crippen molar-refractivity contribution in [1.82, 2.24) is 9.55 Å². The number of amides is 1. The average molecular weight is 558 g/mol. The van der Waals surface area contributed by atoms with Crippen molar-refractivity contribution in [1.29, 1.82) is 0 Å². The van der Waals surface area contributed by atoms with Crippen LogP contribution < -0.4 is 11.0 Å². The molecule has 2 saturated heterocycles. The Morgan fingerprint density at radius 2 is 1.57 bits per heavy atom. The third-order valence-corrected chi connectivity index (χ3v) is 8.02. The Bertz CT molecular complexity index is 1210. The van der Waals surface area contributed by atoms with Gasteiger partial charge in [-0.25, -0.2) is 4.79 Å². The van der Waals surface area contributed by atoms with E-state index < -0.39 is 41.8 Å². The molecule has 0 spiro atoms. The standard InChI is InChI=1S/C30H43N3O7/c1-17(2)29(18(3)4)37-16-22-25(39-30(40-29,19(5)6)20(7)8)24(34)27(38-22)33-15-14-23(32-28(33)36)31-26(35)21-12-10-9-11-13-21/h9-15,17-20,22,24-25,27,34H,16H2,1-8H3,(H,31,32,35,36)/t22-,24-,25+,27-/m1/s1. The minimum Gasteiger partial charge on any atom is -0.386 e. The van der Waals surface area contributed by atoms with Gasteiger partial charge in [0.2, 0.25) is 0 Å². The molecule has 220 valence electrons. The maximum atomic E-state index is 13.1. The lowest BCUT2D eigenvalue weighted by atomic mass is 9.86. The summed E-state index contributed by atoms with van der Waals surface area (Å²) in [4.78, 5) is 29.6. The molecule has 4 atom stereocenters. The lowest BCUT2D eigenvalue weighted by molar-refractivity contribution is -0.437. The van der Waals surface area contributed by atoms with Gasteiger partial charge in [-0.1, -0.05) is 73.6 Å². The molecule has 1 amide bonds. The van der Waals surface area contributed by atoms with E-state index in [0.29, 0.717) is 5.56 Å². The molecule has 1 aromatic carbocycles. The van der Waals surface area contributed by atoms with Gasteiger partial charge in [-0.3, -0.25) is 9.36 Å². The van der Waals surface area contributed by atoms with Gasteiger partial charge in [0.1, 0.15) is 24.1 Å². The van der Waals surface area contributed by atoms with Gasteiger partial charge < -0.3 is 29.4 Å². The van der Waals surface area contributed by atoms with Crippen LogP contribution in [0.5, 0.6) is 0 Å². The molecule has 2 aliphatic rings. The van der Waals surface area contributed by atoms with Crippen molar-refractivity contribution < 1.29 is 28.8 Å². The number of nitrogens with zero attached hydrogens (tertiary/aromatic N) is 2. The Labute approximate surface area is 236 Å². The molecule has 10 heteroatoms. The number of fused-ring (bicyclic) bond motifs is 1. The van der Waals surface area contributed by atoms with Crippen molar-refractivity contribution in [2.24, 2.45) is 23.7 Å². The third kappa shape index (κ3) is 5.47. The van der Waals surface area contributed by atoms with Crippen molar-refractivity contribution in [2.45, 2.75) is 91.5 Å². The number of anilines is 1. The fraction of sp³-hybridized carbons (Fsp3) is 0.633. The lowest BCUT2D eigenvalue weighted by Crippen LogP contribution is -2.63. The molecule has 1 aromatic heterocycles. The highest BCUT2D eigenvalue weighted by atomic mass is 16.8. The number of nitrogens with one attached hydrogen (secondary N) is 1. The maximum absolute atomic E-state index is 13.1. The number of aliphatic hydroxyl groups excluding tert-OH is 1. The molecule has 3 heterocycles. The van der Waals surface area contributed by atoms with Gasteiger partial charge in [-0.05, 0) is 18.2 Å². The first-order valence-corrected chi connectivity index (χ1v) is 14.1. The second kappa shape index (κ2) is 11.7. The van der Waals surface area contributed by atoms with Crippen molar-refractivity contribution in [2.75, 3.05) is 11.9 Å². The summed E-state index contributed by atoms with van der Waals surface area (Å²) in [6.07, 6.45) is -2.31. The molecule has 4 rings (SSSR count). The molecule has 0 aliphatic carbocycles. The molecular weight excluding hydrogens is 514 g/mol. The van der Waals surface area contributed by atoms with Crippen molar-refractivity contribution in [3.63, 3.8) is 0 Å². The Kier molecular flexibility index (Phi) is 8.87. The maximum Gasteiger partial charge on any atom is 0.351 e. The van der Waals surface area contributed by atoms with Crippen LogP contribution in [0.2, 0.25) is 0 Å². The molecule has 10 nitrogen and oxygen atoms in total. The van der Waals surface area contributed by atoms with E-state index in [-0.39, 0.29) is 42.0 Å². The number of rotatable bonds is 7. The first kappa shape index (κ1) is 30.3. The van der Waals surface area contributed by atoms with Crippen LogP contribution in [0.4, 0.5) is 5.82 Å². The molecule has 2 aliphatic heterocycles. The van der Waals surface area contributed by atoms with Crippen LogP contribution in [-0.2, 0) is 18.9 Å². The number of hydrogen-bond acceptors (Lipinski definition) is 8. The molecule has 2 fully saturated rings. The number of aromatic nitrogens is 2. The highest BCUT2D eigenvalue weighted by Crippen LogP contribution is 2.47. The van der Waals surface area contributed by atoms with Gasteiger partial charge in [0.25, 0.3) is 5.91 Å². The molecule has 2 N–H and O–H groups in total. The number of hydrogen-bond donors (Lipinski definition) is 2. The Balaban J connectivity index is 1.64. The van der Waals surface area contributed by atoms with Crippen LogP contribution in [0.15, 0.2) is 47.4 Å². The van der Waals surface area contributed by atoms with Gasteiger partial charge in [0.15, 0.2) is 17.8 Å². The van der Waals surface area contributed by atoms with E-state index in [1.54, 1.807) is 24.3 Å². The van der Waals surface area contributed by atoms with Crippen LogP contribution in [0, 0.1) is 23.7 Å². The summed E-state index contributed by atoms with van der Waals surface area (Å²) in [5.41, 5.74) is -0.240. The summed E-state index contributed by atoms with van der Waals surface area (Å²) < 4.78 is 27.6. The second-order valence-corrected chi connectivity index (χ2v) is 11.9. The summed E-state index contributed by atoms with van der Waals surface area (Å²) in [6.45, 7) is 16.4. The Hall–Kier alpha value is -2.63. The van der Waals surface area contributed by atoms with E-state index in [9.17, 15) is 14.7 Å². The van der Waals surface area contributed by atoms with E-state index >= 15 is 0 Å². The fourth-order valence-electron chi connectivity index (χ4n) is 5.82. The largest absolute Gasteiger partial charge is 0.386 e. The van der Waals surface area contributed by atoms with E-state index in [4.69, 9.17) is 18.9 Å². The van der Waals surface area contributed by atoms with E-state index in [0.717, 1.165) is 0 Å². The summed E-state index contributed by atoms with van der Waals surface area (Å²) in [7, 11) is 0. The summed E-state index contributed by atoms with van der Waals surface area (Å²) in [5, 5.41) is 14.1. The van der Waals surface area contributed by atoms with E-state index in [1.165, 1.54) is 16.8 Å². The predicted octanol–water partition coefficient (Wildman–Crippen LogP) is 4.20. The zero-order valence-corrected chi connectivity index (χ0v) is 24.7. The first-order chi connectivity index (χ1) is 18.8. The number of carbonyl (C=O) groups excluding carboxylic acids is 1. The van der Waals surface area contributed by atoms with Crippen LogP contribution in [0.1, 0.15) is 72.0 Å². The summed E-state index contributed by atoms with van der Waals surface area (Å²) >= 11 is 0. The predicted molar refractivity (Wildman–Crippen MR) is 150 cm³/mol. The van der Waals surface area contributed by atoms with Crippen molar-refractivity contribution in [3.8, 4) is 0 Å². The highest BCUT2D eigenvalue weighted by molar-refractivity contribution is 6.03. The molecule has 0 bridgehead atoms. The Morgan fingerprint density at radius 3 is 2.12 bits per heavy atom. The molecule has 0 unspecified atom stereocenters. The first-order valence-electron chi connectivity index (χ1n) is 14.1. The van der Waals surface area contributed by atoms with Gasteiger partial charge in [0.05, 0.1) is 6.61 Å². The lowest BCUT2D eigenvalue weighted by Gasteiger charge is -2.54. The molecular formula is C30H43N3O7. The third-order valence-electron chi connectivity index (χ3n) is 8.02. The van der Waals surface area contributed by atoms with Crippen LogP contribution in [0.25, 0.3) is 0 Å². The minimum atomic E-state index is -1.20.